The van der Waals surface area contributed by atoms with Gasteiger partial charge in [0.15, 0.2) is 22.9 Å². The van der Waals surface area contributed by atoms with Crippen molar-refractivity contribution in [1.82, 2.24) is 4.57 Å². The Hall–Kier alpha value is -4.43. The Morgan fingerprint density at radius 3 is 2.43 bits per heavy atom. The molecule has 5 rings (SSSR count). The number of halogens is 1. The Morgan fingerprint density at radius 1 is 0.957 bits per heavy atom. The van der Waals surface area contributed by atoms with Crippen LogP contribution in [0.4, 0.5) is 0 Å². The summed E-state index contributed by atoms with van der Waals surface area (Å²) in [4.78, 5) is 44.3. The standard InChI is InChI=1S/C35H33IN2O8S/c1-5-43-28-18-24(13-15-27(28)46-20-30(39)42-4)32-31(34(41)44-6-2)21(3)37-35-38(32)33(40)29(47-35)17-23-12-14-26(25(36)16-23)45-19-22-10-8-7-9-11-22/h7-18,32H,5-6,19-20H2,1-4H3/b29-17-/t32-/m0/s1. The van der Waals surface area contributed by atoms with Gasteiger partial charge in [-0.05, 0) is 90.4 Å². The minimum Gasteiger partial charge on any atom is -0.490 e. The van der Waals surface area contributed by atoms with Crippen molar-refractivity contribution in [2.75, 3.05) is 26.9 Å². The lowest BCUT2D eigenvalue weighted by atomic mass is 9.95. The van der Waals surface area contributed by atoms with E-state index in [0.29, 0.717) is 45.3 Å². The number of carbonyl (C=O) groups is 2. The number of thiazole rings is 1. The summed E-state index contributed by atoms with van der Waals surface area (Å²) in [6, 6.07) is 19.9. The van der Waals surface area contributed by atoms with Gasteiger partial charge in [-0.3, -0.25) is 9.36 Å². The Kier molecular flexibility index (Phi) is 11.1. The summed E-state index contributed by atoms with van der Waals surface area (Å²) in [5.74, 6) is 0.288. The fourth-order valence-electron chi connectivity index (χ4n) is 5.00. The maximum atomic E-state index is 14.1. The Balaban J connectivity index is 1.55. The third-order valence-electron chi connectivity index (χ3n) is 7.16. The molecule has 0 aliphatic carbocycles. The molecule has 0 amide bonds. The van der Waals surface area contributed by atoms with Crippen LogP contribution in [-0.2, 0) is 25.7 Å². The highest BCUT2D eigenvalue weighted by Gasteiger charge is 2.34. The molecule has 0 N–H and O–H groups in total. The molecular formula is C35H33IN2O8S. The van der Waals surface area contributed by atoms with E-state index >= 15 is 0 Å². The fraction of sp³-hybridized carbons (Fsp3) is 0.257. The highest BCUT2D eigenvalue weighted by Crippen LogP contribution is 2.36. The van der Waals surface area contributed by atoms with Gasteiger partial charge in [0.25, 0.3) is 5.56 Å². The van der Waals surface area contributed by atoms with Crippen LogP contribution in [0.5, 0.6) is 17.2 Å². The maximum Gasteiger partial charge on any atom is 0.343 e. The van der Waals surface area contributed by atoms with Crippen LogP contribution in [0.25, 0.3) is 6.08 Å². The molecule has 3 aromatic carbocycles. The second-order valence-electron chi connectivity index (χ2n) is 10.3. The van der Waals surface area contributed by atoms with Crippen LogP contribution < -0.4 is 29.1 Å². The van der Waals surface area contributed by atoms with E-state index in [0.717, 1.165) is 20.4 Å². The molecule has 244 valence electrons. The number of esters is 2. The lowest BCUT2D eigenvalue weighted by Crippen LogP contribution is -2.40. The van der Waals surface area contributed by atoms with E-state index in [1.165, 1.54) is 23.0 Å². The van der Waals surface area contributed by atoms with Gasteiger partial charge in [-0.2, -0.15) is 0 Å². The van der Waals surface area contributed by atoms with Crippen molar-refractivity contribution >= 4 is 51.9 Å². The second kappa shape index (κ2) is 15.4. The Bertz CT molecular complexity index is 2000. The molecule has 12 heteroatoms. The van der Waals surface area contributed by atoms with Crippen molar-refractivity contribution in [2.24, 2.45) is 4.99 Å². The summed E-state index contributed by atoms with van der Waals surface area (Å²) >= 11 is 3.46. The zero-order valence-electron chi connectivity index (χ0n) is 26.3. The summed E-state index contributed by atoms with van der Waals surface area (Å²) in [6.45, 7) is 5.87. The number of hydrogen-bond acceptors (Lipinski definition) is 10. The lowest BCUT2D eigenvalue weighted by molar-refractivity contribution is -0.143. The Morgan fingerprint density at radius 2 is 1.72 bits per heavy atom. The zero-order chi connectivity index (χ0) is 33.5. The van der Waals surface area contributed by atoms with Gasteiger partial charge in [-0.1, -0.05) is 53.8 Å². The molecular weight excluding hydrogens is 735 g/mol. The number of carbonyl (C=O) groups excluding carboxylic acids is 2. The average Bonchev–Trinajstić information content (AvgIpc) is 3.37. The van der Waals surface area contributed by atoms with Crippen LogP contribution in [0.3, 0.4) is 0 Å². The summed E-state index contributed by atoms with van der Waals surface area (Å²) in [5, 5.41) is 0. The van der Waals surface area contributed by atoms with Crippen molar-refractivity contribution in [3.8, 4) is 17.2 Å². The first-order valence-electron chi connectivity index (χ1n) is 14.9. The molecule has 0 fully saturated rings. The first-order chi connectivity index (χ1) is 22.7. The van der Waals surface area contributed by atoms with E-state index in [9.17, 15) is 14.4 Å². The number of methoxy groups -OCH3 is 1. The van der Waals surface area contributed by atoms with Gasteiger partial charge in [0.05, 0.1) is 45.7 Å². The van der Waals surface area contributed by atoms with Crippen LogP contribution in [-0.4, -0.2) is 43.4 Å². The molecule has 4 aromatic rings. The summed E-state index contributed by atoms with van der Waals surface area (Å²) in [6.07, 6.45) is 1.81. The number of fused-ring (bicyclic) bond motifs is 1. The molecule has 10 nitrogen and oxygen atoms in total. The van der Waals surface area contributed by atoms with E-state index in [1.807, 2.05) is 61.5 Å². The fourth-order valence-corrected chi connectivity index (χ4v) is 6.74. The zero-order valence-corrected chi connectivity index (χ0v) is 29.3. The van der Waals surface area contributed by atoms with Crippen LogP contribution >= 0.6 is 33.9 Å². The van der Waals surface area contributed by atoms with E-state index in [4.69, 9.17) is 18.9 Å². The summed E-state index contributed by atoms with van der Waals surface area (Å²) in [7, 11) is 1.28. The highest BCUT2D eigenvalue weighted by molar-refractivity contribution is 14.1. The molecule has 0 saturated heterocycles. The number of rotatable bonds is 12. The maximum absolute atomic E-state index is 14.1. The molecule has 1 aliphatic heterocycles. The summed E-state index contributed by atoms with van der Waals surface area (Å²) in [5.41, 5.74) is 2.84. The predicted molar refractivity (Wildman–Crippen MR) is 185 cm³/mol. The third kappa shape index (κ3) is 7.76. The first kappa shape index (κ1) is 33.9. The molecule has 0 radical (unpaired) electrons. The van der Waals surface area contributed by atoms with E-state index in [1.54, 1.807) is 32.0 Å². The van der Waals surface area contributed by atoms with Gasteiger partial charge in [0.1, 0.15) is 12.4 Å². The van der Waals surface area contributed by atoms with E-state index in [2.05, 4.69) is 32.3 Å². The smallest absolute Gasteiger partial charge is 0.343 e. The molecule has 1 atom stereocenters. The minimum atomic E-state index is -0.852. The Labute approximate surface area is 289 Å². The second-order valence-corrected chi connectivity index (χ2v) is 12.4. The molecule has 0 spiro atoms. The van der Waals surface area contributed by atoms with E-state index < -0.39 is 18.0 Å². The van der Waals surface area contributed by atoms with Crippen molar-refractivity contribution in [1.29, 1.82) is 0 Å². The molecule has 1 aliphatic rings. The molecule has 47 heavy (non-hydrogen) atoms. The molecule has 0 unspecified atom stereocenters. The topological polar surface area (TPSA) is 115 Å². The van der Waals surface area contributed by atoms with Crippen LogP contribution in [0.15, 0.2) is 87.8 Å². The monoisotopic (exact) mass is 768 g/mol. The number of aromatic nitrogens is 1. The minimum absolute atomic E-state index is 0.154. The molecule has 0 bridgehead atoms. The number of ether oxygens (including phenoxy) is 5. The third-order valence-corrected chi connectivity index (χ3v) is 8.99. The van der Waals surface area contributed by atoms with Gasteiger partial charge in [-0.15, -0.1) is 0 Å². The largest absolute Gasteiger partial charge is 0.490 e. The lowest BCUT2D eigenvalue weighted by Gasteiger charge is -2.25. The van der Waals surface area contributed by atoms with Crippen molar-refractivity contribution in [3.63, 3.8) is 0 Å². The first-order valence-corrected chi connectivity index (χ1v) is 16.8. The molecule has 2 heterocycles. The van der Waals surface area contributed by atoms with Crippen LogP contribution in [0.2, 0.25) is 0 Å². The van der Waals surface area contributed by atoms with Crippen LogP contribution in [0.1, 0.15) is 43.5 Å². The average molecular weight is 769 g/mol. The van der Waals surface area contributed by atoms with Gasteiger partial charge in [-0.25, -0.2) is 14.6 Å². The SMILES string of the molecule is CCOC(=O)C1=C(C)N=c2s/c(=C\c3ccc(OCc4ccccc4)c(I)c3)c(=O)n2[C@H]1c1ccc(OCC(=O)OC)c(OCC)c1. The number of allylic oxidation sites excluding steroid dienone is 1. The highest BCUT2D eigenvalue weighted by atomic mass is 127. The molecule has 1 aromatic heterocycles. The quantitative estimate of drug-likeness (QED) is 0.147. The summed E-state index contributed by atoms with van der Waals surface area (Å²) < 4.78 is 30.5. The van der Waals surface area contributed by atoms with Crippen LogP contribution in [0, 0.1) is 3.57 Å². The van der Waals surface area contributed by atoms with Crippen molar-refractivity contribution < 1.29 is 33.3 Å². The van der Waals surface area contributed by atoms with Gasteiger partial charge in [0.2, 0.25) is 0 Å². The molecule has 0 saturated carbocycles. The van der Waals surface area contributed by atoms with Gasteiger partial charge < -0.3 is 23.7 Å². The number of hydrogen-bond donors (Lipinski definition) is 0. The van der Waals surface area contributed by atoms with E-state index in [-0.39, 0.29) is 24.3 Å². The predicted octanol–water partition coefficient (Wildman–Crippen LogP) is 4.93. The van der Waals surface area contributed by atoms with Gasteiger partial charge >= 0.3 is 11.9 Å². The number of nitrogens with zero attached hydrogens (tertiary/aromatic N) is 2. The normalized spacial score (nSPS) is 14.2. The van der Waals surface area contributed by atoms with Gasteiger partial charge in [0, 0.05) is 0 Å². The van der Waals surface area contributed by atoms with Crippen molar-refractivity contribution in [2.45, 2.75) is 33.4 Å². The van der Waals surface area contributed by atoms with Crippen molar-refractivity contribution in [3.05, 3.63) is 118 Å². The number of benzene rings is 3.